The second-order valence-electron chi connectivity index (χ2n) is 4.33. The van der Waals surface area contributed by atoms with Gasteiger partial charge in [0.15, 0.2) is 10.8 Å². The van der Waals surface area contributed by atoms with Gasteiger partial charge >= 0.3 is 6.16 Å². The molecule has 0 aromatic carbocycles. The summed E-state index contributed by atoms with van der Waals surface area (Å²) in [5.74, 6) is 0. The molecule has 0 unspecified atom stereocenters. The summed E-state index contributed by atoms with van der Waals surface area (Å²) in [7, 11) is 0. The minimum absolute atomic E-state index is 0.134. The summed E-state index contributed by atoms with van der Waals surface area (Å²) in [6.45, 7) is 0. The number of anilines is 1. The number of rotatable bonds is 4. The van der Waals surface area contributed by atoms with Gasteiger partial charge in [-0.1, -0.05) is 11.6 Å². The molecule has 8 heteroatoms. The number of aromatic nitrogens is 1. The van der Waals surface area contributed by atoms with E-state index in [-0.39, 0.29) is 22.6 Å². The number of nitrogen functional groups attached to an aromatic ring is 1. The molecule has 0 spiro atoms. The summed E-state index contributed by atoms with van der Waals surface area (Å²) < 4.78 is 5.09. The highest BCUT2D eigenvalue weighted by Crippen LogP contribution is 2.20. The molecule has 1 radical (unpaired) electrons. The predicted octanol–water partition coefficient (Wildman–Crippen LogP) is 2.02. The van der Waals surface area contributed by atoms with Gasteiger partial charge in [-0.2, -0.15) is 0 Å². The molecule has 20 heavy (non-hydrogen) atoms. The van der Waals surface area contributed by atoms with E-state index >= 15 is 0 Å². The fourth-order valence-electron chi connectivity index (χ4n) is 1.94. The molecule has 1 aromatic rings. The number of hydrogen-bond donors (Lipinski definition) is 1. The van der Waals surface area contributed by atoms with Gasteiger partial charge in [0.1, 0.15) is 11.8 Å². The molecule has 1 heterocycles. The lowest BCUT2D eigenvalue weighted by Gasteiger charge is -2.20. The Bertz CT molecular complexity index is 509. The zero-order chi connectivity index (χ0) is 14.4. The summed E-state index contributed by atoms with van der Waals surface area (Å²) in [4.78, 5) is 30.6. The summed E-state index contributed by atoms with van der Waals surface area (Å²) in [5, 5.41) is 5.21. The monoisotopic (exact) mass is 296 g/mol. The Hall–Kier alpha value is -1.96. The second-order valence-corrected chi connectivity index (χ2v) is 5.22. The molecule has 7 nitrogen and oxygen atoms in total. The summed E-state index contributed by atoms with van der Waals surface area (Å²) in [5.41, 5.74) is 5.43. The highest BCUT2D eigenvalue weighted by molar-refractivity contribution is 7.13. The van der Waals surface area contributed by atoms with Crippen LogP contribution in [0, 0.1) is 0 Å². The molecular weight excluding hydrogens is 282 g/mol. The molecule has 0 bridgehead atoms. The van der Waals surface area contributed by atoms with Crippen molar-refractivity contribution in [3.05, 3.63) is 11.1 Å². The van der Waals surface area contributed by atoms with Gasteiger partial charge in [0, 0.05) is 5.38 Å². The Morgan fingerprint density at radius 3 is 2.80 bits per heavy atom. The Labute approximate surface area is 119 Å². The van der Waals surface area contributed by atoms with Crippen LogP contribution in [-0.2, 0) is 14.4 Å². The second kappa shape index (κ2) is 6.99. The Balaban J connectivity index is 1.89. The summed E-state index contributed by atoms with van der Waals surface area (Å²) in [6, 6.07) is 0. The van der Waals surface area contributed by atoms with Crippen LogP contribution < -0.4 is 5.73 Å². The SMILES string of the molecule is Nc1nc(/C([C]=O)=N\OC(=O)OC2CCCCC2)cs1. The first-order valence-corrected chi connectivity index (χ1v) is 7.12. The minimum Gasteiger partial charge on any atom is -0.429 e. The third-order valence-corrected chi connectivity index (χ3v) is 3.56. The molecule has 1 aliphatic rings. The van der Waals surface area contributed by atoms with E-state index in [9.17, 15) is 9.59 Å². The zero-order valence-electron chi connectivity index (χ0n) is 10.7. The number of carbonyl (C=O) groups excluding carboxylic acids is 2. The molecule has 2 rings (SSSR count). The van der Waals surface area contributed by atoms with Gasteiger partial charge in [-0.25, -0.2) is 9.78 Å². The van der Waals surface area contributed by atoms with E-state index in [1.54, 1.807) is 6.29 Å². The topological polar surface area (TPSA) is 104 Å². The lowest BCUT2D eigenvalue weighted by atomic mass is 9.98. The van der Waals surface area contributed by atoms with Gasteiger partial charge in [-0.15, -0.1) is 11.3 Å². The van der Waals surface area contributed by atoms with E-state index < -0.39 is 6.16 Å². The maximum Gasteiger partial charge on any atom is 0.535 e. The Morgan fingerprint density at radius 1 is 1.45 bits per heavy atom. The van der Waals surface area contributed by atoms with Crippen LogP contribution in [0.25, 0.3) is 0 Å². The quantitative estimate of drug-likeness (QED) is 0.394. The molecule has 0 atom stereocenters. The van der Waals surface area contributed by atoms with E-state index in [1.807, 2.05) is 0 Å². The average molecular weight is 296 g/mol. The van der Waals surface area contributed by atoms with Crippen LogP contribution in [0.15, 0.2) is 10.5 Å². The lowest BCUT2D eigenvalue weighted by molar-refractivity contribution is 0.0126. The summed E-state index contributed by atoms with van der Waals surface area (Å²) in [6.07, 6.45) is 5.37. The molecule has 1 aromatic heterocycles. The van der Waals surface area contributed by atoms with Crippen molar-refractivity contribution in [3.63, 3.8) is 0 Å². The zero-order valence-corrected chi connectivity index (χ0v) is 11.5. The maximum absolute atomic E-state index is 11.4. The number of nitrogens with zero attached hydrogens (tertiary/aromatic N) is 2. The molecular formula is C12H14N3O4S. The van der Waals surface area contributed by atoms with E-state index in [1.165, 1.54) is 5.38 Å². The predicted molar refractivity (Wildman–Crippen MR) is 73.2 cm³/mol. The van der Waals surface area contributed by atoms with Crippen LogP contribution >= 0.6 is 11.3 Å². The standard InChI is InChI=1S/C12H14N3O4S/c13-11-14-10(7-20-11)9(6-16)15-19-12(17)18-8-4-2-1-3-5-8/h7-8H,1-5H2,(H2,13,14)/b15-9-. The number of hydrogen-bond acceptors (Lipinski definition) is 8. The third-order valence-electron chi connectivity index (χ3n) is 2.89. The highest BCUT2D eigenvalue weighted by Gasteiger charge is 2.19. The largest absolute Gasteiger partial charge is 0.535 e. The summed E-state index contributed by atoms with van der Waals surface area (Å²) >= 11 is 1.15. The van der Waals surface area contributed by atoms with Gasteiger partial charge in [0.05, 0.1) is 0 Å². The van der Waals surface area contributed by atoms with Crippen molar-refractivity contribution in [2.75, 3.05) is 5.73 Å². The molecule has 0 aliphatic heterocycles. The highest BCUT2D eigenvalue weighted by atomic mass is 32.1. The fourth-order valence-corrected chi connectivity index (χ4v) is 2.49. The van der Waals surface area contributed by atoms with Crippen molar-refractivity contribution < 1.29 is 19.2 Å². The normalized spacial score (nSPS) is 16.7. The van der Waals surface area contributed by atoms with Crippen LogP contribution in [-0.4, -0.2) is 29.2 Å². The van der Waals surface area contributed by atoms with E-state index in [4.69, 9.17) is 10.5 Å². The van der Waals surface area contributed by atoms with Gasteiger partial charge in [0.25, 0.3) is 6.29 Å². The van der Waals surface area contributed by atoms with Crippen molar-refractivity contribution in [1.82, 2.24) is 4.98 Å². The van der Waals surface area contributed by atoms with E-state index in [2.05, 4.69) is 15.0 Å². The first-order valence-electron chi connectivity index (χ1n) is 6.24. The molecule has 2 N–H and O–H groups in total. The van der Waals surface area contributed by atoms with Crippen molar-refractivity contribution in [2.45, 2.75) is 38.2 Å². The van der Waals surface area contributed by atoms with Crippen LogP contribution in [0.5, 0.6) is 0 Å². The van der Waals surface area contributed by atoms with Crippen molar-refractivity contribution >= 4 is 34.6 Å². The Morgan fingerprint density at radius 2 is 2.20 bits per heavy atom. The number of nitrogens with two attached hydrogens (primary N) is 1. The molecule has 0 saturated heterocycles. The lowest BCUT2D eigenvalue weighted by Crippen LogP contribution is -2.21. The van der Waals surface area contributed by atoms with Crippen LogP contribution in [0.4, 0.5) is 9.93 Å². The number of ether oxygens (including phenoxy) is 1. The maximum atomic E-state index is 11.4. The molecule has 0 amide bonds. The van der Waals surface area contributed by atoms with Crippen molar-refractivity contribution in [1.29, 1.82) is 0 Å². The first kappa shape index (κ1) is 14.4. The first-order chi connectivity index (χ1) is 9.69. The van der Waals surface area contributed by atoms with Gasteiger partial charge in [0.2, 0.25) is 0 Å². The smallest absolute Gasteiger partial charge is 0.429 e. The van der Waals surface area contributed by atoms with Gasteiger partial charge < -0.3 is 10.5 Å². The Kier molecular flexibility index (Phi) is 5.05. The number of oxime groups is 1. The fraction of sp³-hybridized carbons (Fsp3) is 0.500. The third kappa shape index (κ3) is 4.02. The van der Waals surface area contributed by atoms with E-state index in [0.717, 1.165) is 43.4 Å². The average Bonchev–Trinajstić information content (AvgIpc) is 2.87. The van der Waals surface area contributed by atoms with Crippen molar-refractivity contribution in [3.8, 4) is 0 Å². The van der Waals surface area contributed by atoms with Crippen molar-refractivity contribution in [2.24, 2.45) is 5.16 Å². The van der Waals surface area contributed by atoms with Gasteiger partial charge in [-0.3, -0.25) is 9.63 Å². The molecule has 1 fully saturated rings. The van der Waals surface area contributed by atoms with E-state index in [0.29, 0.717) is 0 Å². The van der Waals surface area contributed by atoms with Crippen LogP contribution in [0.3, 0.4) is 0 Å². The van der Waals surface area contributed by atoms with Gasteiger partial charge in [-0.05, 0) is 25.7 Å². The van der Waals surface area contributed by atoms with Crippen LogP contribution in [0.1, 0.15) is 37.8 Å². The number of thiazole rings is 1. The number of carbonyl (C=O) groups is 1. The molecule has 1 aliphatic carbocycles. The molecule has 107 valence electrons. The van der Waals surface area contributed by atoms with Crippen LogP contribution in [0.2, 0.25) is 0 Å². The molecule has 1 saturated carbocycles. The minimum atomic E-state index is -0.923.